The van der Waals surface area contributed by atoms with Crippen molar-refractivity contribution in [3.05, 3.63) is 12.0 Å². The van der Waals surface area contributed by atoms with Crippen molar-refractivity contribution < 1.29 is 25.2 Å². The van der Waals surface area contributed by atoms with Crippen LogP contribution in [0, 0.1) is 0 Å². The first kappa shape index (κ1) is 12.0. The summed E-state index contributed by atoms with van der Waals surface area (Å²) in [5.74, 6) is 0. The maximum Gasteiger partial charge on any atom is 0.289 e. The highest BCUT2D eigenvalue weighted by Gasteiger charge is 2.66. The van der Waals surface area contributed by atoms with Crippen LogP contribution in [0.25, 0.3) is 0 Å². The van der Waals surface area contributed by atoms with Crippen LogP contribution < -0.4 is 0 Å². The van der Waals surface area contributed by atoms with Crippen molar-refractivity contribution in [3.63, 3.8) is 0 Å². The molecule has 3 heterocycles. The molecule has 0 N–H and O–H groups in total. The topological polar surface area (TPSA) is 86.7 Å². The predicted molar refractivity (Wildman–Crippen MR) is 61.4 cm³/mol. The van der Waals surface area contributed by atoms with E-state index in [0.29, 0.717) is 11.8 Å². The van der Waals surface area contributed by atoms with Gasteiger partial charge in [0.15, 0.2) is 0 Å². The second-order valence-electron chi connectivity index (χ2n) is 4.19. The smallest absolute Gasteiger partial charge is 0.262 e. The van der Waals surface area contributed by atoms with Gasteiger partial charge in [0.05, 0.1) is 10.7 Å². The van der Waals surface area contributed by atoms with Crippen molar-refractivity contribution in [2.45, 2.75) is 34.4 Å². The highest BCUT2D eigenvalue weighted by molar-refractivity contribution is 8.03. The van der Waals surface area contributed by atoms with Gasteiger partial charge in [-0.1, -0.05) is 6.58 Å². The van der Waals surface area contributed by atoms with E-state index in [9.17, 15) is 16.8 Å². The zero-order valence-corrected chi connectivity index (χ0v) is 11.0. The van der Waals surface area contributed by atoms with E-state index in [2.05, 4.69) is 6.58 Å². The summed E-state index contributed by atoms with van der Waals surface area (Å²) in [6.07, 6.45) is -1.00. The summed E-state index contributed by atoms with van der Waals surface area (Å²) in [5, 5.41) is -0.129. The van der Waals surface area contributed by atoms with Gasteiger partial charge in [-0.2, -0.15) is 16.8 Å². The fraction of sp³-hybridized carbons (Fsp3) is 0.750. The standard InChI is InChI=1S/C8H10O6S3/c1-2-16(9,10)13-6-4-3-5-8(15-4)7(6)14-17(5,11)12/h2,4-8H,1,3H2. The molecule has 3 aliphatic heterocycles. The van der Waals surface area contributed by atoms with Crippen LogP contribution in [0.5, 0.6) is 0 Å². The molecule has 0 amide bonds. The molecule has 0 aromatic heterocycles. The third kappa shape index (κ3) is 1.67. The first-order valence-corrected chi connectivity index (χ1v) is 8.86. The highest BCUT2D eigenvalue weighted by atomic mass is 32.2. The summed E-state index contributed by atoms with van der Waals surface area (Å²) in [6.45, 7) is 3.15. The number of hydrogen-bond acceptors (Lipinski definition) is 7. The fourth-order valence-electron chi connectivity index (χ4n) is 2.54. The molecular weight excluding hydrogens is 288 g/mol. The Bertz CT molecular complexity index is 564. The van der Waals surface area contributed by atoms with Crippen LogP contribution in [0.3, 0.4) is 0 Å². The van der Waals surface area contributed by atoms with Crippen LogP contribution >= 0.6 is 11.8 Å². The van der Waals surface area contributed by atoms with Crippen LogP contribution in [0.4, 0.5) is 0 Å². The van der Waals surface area contributed by atoms with E-state index in [0.717, 1.165) is 0 Å². The molecule has 2 bridgehead atoms. The Balaban J connectivity index is 1.90. The lowest BCUT2D eigenvalue weighted by molar-refractivity contribution is 0.0780. The van der Waals surface area contributed by atoms with Crippen LogP contribution in [0.1, 0.15) is 6.42 Å². The Labute approximate surface area is 104 Å². The number of fused-ring (bicyclic) bond motifs is 1. The Morgan fingerprint density at radius 1 is 1.47 bits per heavy atom. The summed E-state index contributed by atoms with van der Waals surface area (Å²) in [6, 6.07) is 0. The lowest BCUT2D eigenvalue weighted by Crippen LogP contribution is -2.41. The predicted octanol–water partition coefficient (Wildman–Crippen LogP) is -0.170. The highest BCUT2D eigenvalue weighted by Crippen LogP contribution is 2.56. The SMILES string of the molecule is C=CS(=O)(=O)OC1C2CC3C(S2)C1OS3(=O)=O. The van der Waals surface area contributed by atoms with E-state index >= 15 is 0 Å². The average molecular weight is 298 g/mol. The molecule has 0 saturated carbocycles. The lowest BCUT2D eigenvalue weighted by atomic mass is 9.95. The molecule has 6 nitrogen and oxygen atoms in total. The molecule has 0 aromatic rings. The van der Waals surface area contributed by atoms with Crippen molar-refractivity contribution in [1.82, 2.24) is 0 Å². The lowest BCUT2D eigenvalue weighted by Gasteiger charge is -2.22. The summed E-state index contributed by atoms with van der Waals surface area (Å²) in [4.78, 5) is 0. The second-order valence-corrected chi connectivity index (χ2v) is 8.90. The van der Waals surface area contributed by atoms with Crippen molar-refractivity contribution in [1.29, 1.82) is 0 Å². The summed E-state index contributed by atoms with van der Waals surface area (Å²) in [7, 11) is -7.36. The zero-order valence-electron chi connectivity index (χ0n) is 8.55. The molecule has 0 aromatic carbocycles. The van der Waals surface area contributed by atoms with Crippen molar-refractivity contribution >= 4 is 32.0 Å². The zero-order chi connectivity index (χ0) is 12.4. The van der Waals surface area contributed by atoms with Crippen LogP contribution in [0.15, 0.2) is 12.0 Å². The molecule has 0 radical (unpaired) electrons. The number of thioether (sulfide) groups is 1. The Kier molecular flexibility index (Phi) is 2.45. The molecule has 17 heavy (non-hydrogen) atoms. The van der Waals surface area contributed by atoms with Crippen molar-refractivity contribution in [2.24, 2.45) is 0 Å². The normalized spacial score (nSPS) is 46.2. The molecule has 3 saturated heterocycles. The van der Waals surface area contributed by atoms with Gasteiger partial charge < -0.3 is 0 Å². The summed E-state index contributed by atoms with van der Waals surface area (Å²) < 4.78 is 55.7. The van der Waals surface area contributed by atoms with E-state index in [-0.39, 0.29) is 10.5 Å². The Morgan fingerprint density at radius 2 is 2.18 bits per heavy atom. The van der Waals surface area contributed by atoms with Gasteiger partial charge in [0, 0.05) is 5.25 Å². The van der Waals surface area contributed by atoms with Crippen LogP contribution in [0.2, 0.25) is 0 Å². The van der Waals surface area contributed by atoms with Gasteiger partial charge in [0.2, 0.25) is 0 Å². The van der Waals surface area contributed by atoms with Gasteiger partial charge in [0.25, 0.3) is 20.2 Å². The molecule has 0 aliphatic carbocycles. The molecule has 9 heteroatoms. The Hall–Kier alpha value is -0.0900. The van der Waals surface area contributed by atoms with Gasteiger partial charge in [0.1, 0.15) is 17.5 Å². The molecule has 5 atom stereocenters. The van der Waals surface area contributed by atoms with E-state index < -0.39 is 37.7 Å². The third-order valence-corrected chi connectivity index (χ3v) is 7.75. The maximum atomic E-state index is 11.6. The molecule has 0 spiro atoms. The summed E-state index contributed by atoms with van der Waals surface area (Å²) >= 11 is 1.44. The molecule has 3 aliphatic rings. The molecular formula is C8H10O6S3. The van der Waals surface area contributed by atoms with Gasteiger partial charge in [-0.3, -0.25) is 8.37 Å². The first-order valence-electron chi connectivity index (χ1n) is 4.97. The van der Waals surface area contributed by atoms with Gasteiger partial charge in [-0.15, -0.1) is 11.8 Å². The molecule has 96 valence electrons. The third-order valence-electron chi connectivity index (χ3n) is 3.24. The van der Waals surface area contributed by atoms with Gasteiger partial charge in [-0.05, 0) is 6.42 Å². The van der Waals surface area contributed by atoms with E-state index in [4.69, 9.17) is 8.37 Å². The van der Waals surface area contributed by atoms with E-state index in [1.165, 1.54) is 11.8 Å². The monoisotopic (exact) mass is 298 g/mol. The largest absolute Gasteiger partial charge is 0.289 e. The second kappa shape index (κ2) is 3.47. The molecule has 3 rings (SSSR count). The van der Waals surface area contributed by atoms with E-state index in [1.54, 1.807) is 0 Å². The van der Waals surface area contributed by atoms with Crippen molar-refractivity contribution in [2.75, 3.05) is 0 Å². The fourth-order valence-corrected chi connectivity index (χ4v) is 7.38. The van der Waals surface area contributed by atoms with Crippen LogP contribution in [-0.2, 0) is 28.6 Å². The minimum atomic E-state index is -3.81. The quantitative estimate of drug-likeness (QED) is 0.668. The van der Waals surface area contributed by atoms with Gasteiger partial charge >= 0.3 is 0 Å². The maximum absolute atomic E-state index is 11.6. The minimum absolute atomic E-state index is 0.137. The first-order chi connectivity index (χ1) is 7.84. The van der Waals surface area contributed by atoms with Crippen molar-refractivity contribution in [3.8, 4) is 0 Å². The number of hydrogen-bond donors (Lipinski definition) is 0. The summed E-state index contributed by atoms with van der Waals surface area (Å²) in [5.41, 5.74) is 0. The molecule has 5 unspecified atom stereocenters. The van der Waals surface area contributed by atoms with Gasteiger partial charge in [-0.25, -0.2) is 0 Å². The van der Waals surface area contributed by atoms with Crippen LogP contribution in [-0.4, -0.2) is 44.8 Å². The number of rotatable bonds is 3. The average Bonchev–Trinajstić information content (AvgIpc) is 2.82. The minimum Gasteiger partial charge on any atom is -0.262 e. The Morgan fingerprint density at radius 3 is 2.82 bits per heavy atom. The van der Waals surface area contributed by atoms with E-state index in [1.807, 2.05) is 0 Å². The molecule has 3 fully saturated rings.